The maximum Gasteiger partial charge on any atom is 0.264 e. The molecule has 0 bridgehead atoms. The lowest BCUT2D eigenvalue weighted by molar-refractivity contribution is -0.140. The van der Waals surface area contributed by atoms with Crippen LogP contribution in [0.4, 0.5) is 5.69 Å². The number of anilines is 1. The molecule has 2 amide bonds. The molecule has 3 aromatic rings. The average Bonchev–Trinajstić information content (AvgIpc) is 3.53. The Labute approximate surface area is 265 Å². The van der Waals surface area contributed by atoms with Gasteiger partial charge in [-0.2, -0.15) is 0 Å². The topological polar surface area (TPSA) is 105 Å². The zero-order valence-electron chi connectivity index (χ0n) is 25.6. The number of nitrogens with one attached hydrogen (secondary N) is 1. The van der Waals surface area contributed by atoms with Crippen LogP contribution in [-0.4, -0.2) is 58.0 Å². The fourth-order valence-electron chi connectivity index (χ4n) is 5.42. The number of amides is 2. The molecule has 0 aromatic heterocycles. The van der Waals surface area contributed by atoms with E-state index in [0.717, 1.165) is 41.1 Å². The third-order valence-corrected chi connectivity index (χ3v) is 9.92. The van der Waals surface area contributed by atoms with Crippen LogP contribution in [0.25, 0.3) is 0 Å². The molecule has 11 heteroatoms. The van der Waals surface area contributed by atoms with Crippen LogP contribution in [0.1, 0.15) is 50.2 Å². The van der Waals surface area contributed by atoms with Crippen molar-refractivity contribution in [2.45, 2.75) is 69.5 Å². The minimum absolute atomic E-state index is 0.0681. The van der Waals surface area contributed by atoms with Gasteiger partial charge >= 0.3 is 0 Å². The van der Waals surface area contributed by atoms with Crippen LogP contribution in [-0.2, 0) is 26.2 Å². The summed E-state index contributed by atoms with van der Waals surface area (Å²) in [5.74, 6) is -0.148. The molecule has 1 saturated carbocycles. The van der Waals surface area contributed by atoms with Crippen molar-refractivity contribution in [1.82, 2.24) is 10.2 Å². The summed E-state index contributed by atoms with van der Waals surface area (Å²) in [6, 6.07) is 17.5. The number of methoxy groups -OCH3 is 2. The first-order valence-corrected chi connectivity index (χ1v) is 16.5. The second-order valence-electron chi connectivity index (χ2n) is 10.9. The van der Waals surface area contributed by atoms with Gasteiger partial charge in [0.25, 0.3) is 10.0 Å². The number of sulfonamides is 1. The molecule has 1 aliphatic rings. The number of halogens is 1. The summed E-state index contributed by atoms with van der Waals surface area (Å²) in [6.07, 6.45) is 4.25. The number of nitrogens with zero attached hydrogens (tertiary/aromatic N) is 2. The largest absolute Gasteiger partial charge is 0.493 e. The molecular weight excluding hydrogens is 602 g/mol. The van der Waals surface area contributed by atoms with Crippen molar-refractivity contribution in [3.8, 4) is 11.5 Å². The molecule has 1 fully saturated rings. The number of carbonyl (C=O) groups is 2. The van der Waals surface area contributed by atoms with Gasteiger partial charge in [0.1, 0.15) is 12.6 Å². The fraction of sp³-hybridized carbons (Fsp3) is 0.394. The standard InChI is InChI=1S/C33H40ClN3O6S/c1-5-29(33(39)35-26-8-6-7-9-26)36(21-24-12-14-25(34)15-13-24)32(38)22-37(27-16-10-23(2)11-17-27)44(40,41)28-18-19-30(42-3)31(20-28)43-4/h10-20,26,29H,5-9,21-22H2,1-4H3,(H,35,39)/t29-/m1/s1. The Morgan fingerprint density at radius 2 is 1.59 bits per heavy atom. The smallest absolute Gasteiger partial charge is 0.264 e. The van der Waals surface area contributed by atoms with Crippen molar-refractivity contribution in [3.05, 3.63) is 82.9 Å². The van der Waals surface area contributed by atoms with Crippen molar-refractivity contribution in [3.63, 3.8) is 0 Å². The van der Waals surface area contributed by atoms with E-state index in [4.69, 9.17) is 21.1 Å². The summed E-state index contributed by atoms with van der Waals surface area (Å²) in [4.78, 5) is 29.3. The Kier molecular flexibility index (Phi) is 11.2. The van der Waals surface area contributed by atoms with Crippen molar-refractivity contribution in [2.24, 2.45) is 0 Å². The first kappa shape index (κ1) is 33.1. The van der Waals surface area contributed by atoms with Crippen molar-refractivity contribution >= 4 is 39.1 Å². The predicted molar refractivity (Wildman–Crippen MR) is 172 cm³/mol. The number of aryl methyl sites for hydroxylation is 1. The molecule has 4 rings (SSSR count). The van der Waals surface area contributed by atoms with E-state index in [9.17, 15) is 18.0 Å². The maximum atomic E-state index is 14.3. The Bertz CT molecular complexity index is 1540. The lowest BCUT2D eigenvalue weighted by Gasteiger charge is -2.34. The SMILES string of the molecule is CC[C@H](C(=O)NC1CCCC1)N(Cc1ccc(Cl)cc1)C(=O)CN(c1ccc(C)cc1)S(=O)(=O)c1ccc(OC)c(OC)c1. The third-order valence-electron chi connectivity index (χ3n) is 7.90. The molecule has 0 aliphatic heterocycles. The summed E-state index contributed by atoms with van der Waals surface area (Å²) < 4.78 is 40.1. The average molecular weight is 642 g/mol. The summed E-state index contributed by atoms with van der Waals surface area (Å²) in [7, 11) is -1.38. The summed E-state index contributed by atoms with van der Waals surface area (Å²) in [6.45, 7) is 3.31. The molecule has 44 heavy (non-hydrogen) atoms. The van der Waals surface area contributed by atoms with E-state index in [1.807, 2.05) is 13.8 Å². The quantitative estimate of drug-likeness (QED) is 0.256. The van der Waals surface area contributed by atoms with Gasteiger partial charge in [0.15, 0.2) is 11.5 Å². The van der Waals surface area contributed by atoms with E-state index in [0.29, 0.717) is 22.9 Å². The van der Waals surface area contributed by atoms with Gasteiger partial charge in [-0.3, -0.25) is 13.9 Å². The molecule has 1 N–H and O–H groups in total. The predicted octanol–water partition coefficient (Wildman–Crippen LogP) is 5.73. The molecule has 9 nitrogen and oxygen atoms in total. The number of benzene rings is 3. The molecule has 0 unspecified atom stereocenters. The van der Waals surface area contributed by atoms with Crippen molar-refractivity contribution < 1.29 is 27.5 Å². The van der Waals surface area contributed by atoms with Gasteiger partial charge in [-0.25, -0.2) is 8.42 Å². The molecule has 1 aliphatic carbocycles. The number of hydrogen-bond acceptors (Lipinski definition) is 6. The van der Waals surface area contributed by atoms with Gasteiger partial charge in [0, 0.05) is 23.7 Å². The van der Waals surface area contributed by atoms with Gasteiger partial charge in [0.2, 0.25) is 11.8 Å². The molecule has 0 radical (unpaired) electrons. The van der Waals surface area contributed by atoms with Gasteiger partial charge in [-0.15, -0.1) is 0 Å². The van der Waals surface area contributed by atoms with Gasteiger partial charge < -0.3 is 19.7 Å². The highest BCUT2D eigenvalue weighted by molar-refractivity contribution is 7.92. The zero-order valence-corrected chi connectivity index (χ0v) is 27.2. The molecule has 0 saturated heterocycles. The van der Waals surface area contributed by atoms with Crippen LogP contribution in [0.5, 0.6) is 11.5 Å². The number of carbonyl (C=O) groups excluding carboxylic acids is 2. The lowest BCUT2D eigenvalue weighted by Crippen LogP contribution is -2.53. The molecule has 0 heterocycles. The van der Waals surface area contributed by atoms with Crippen LogP contribution in [0.2, 0.25) is 5.02 Å². The molecular formula is C33H40ClN3O6S. The minimum atomic E-state index is -4.27. The number of hydrogen-bond donors (Lipinski definition) is 1. The highest BCUT2D eigenvalue weighted by Crippen LogP contribution is 2.32. The highest BCUT2D eigenvalue weighted by atomic mass is 35.5. The van der Waals surface area contributed by atoms with Crippen molar-refractivity contribution in [2.75, 3.05) is 25.1 Å². The van der Waals surface area contributed by atoms with E-state index in [-0.39, 0.29) is 29.1 Å². The van der Waals surface area contributed by atoms with E-state index < -0.39 is 28.5 Å². The van der Waals surface area contributed by atoms with Crippen LogP contribution in [0.15, 0.2) is 71.6 Å². The number of ether oxygens (including phenoxy) is 2. The first-order chi connectivity index (χ1) is 21.1. The number of rotatable bonds is 13. The minimum Gasteiger partial charge on any atom is -0.493 e. The molecule has 236 valence electrons. The van der Waals surface area contributed by atoms with E-state index in [2.05, 4.69) is 5.32 Å². The van der Waals surface area contributed by atoms with Gasteiger partial charge in [-0.05, 0) is 68.1 Å². The first-order valence-electron chi connectivity index (χ1n) is 14.7. The Morgan fingerprint density at radius 3 is 2.18 bits per heavy atom. The normalized spacial score (nSPS) is 14.1. The summed E-state index contributed by atoms with van der Waals surface area (Å²) in [5, 5.41) is 3.66. The Morgan fingerprint density at radius 1 is 0.955 bits per heavy atom. The van der Waals surface area contributed by atoms with Crippen LogP contribution < -0.4 is 19.1 Å². The zero-order chi connectivity index (χ0) is 31.9. The van der Waals surface area contributed by atoms with Crippen LogP contribution in [0.3, 0.4) is 0 Å². The van der Waals surface area contributed by atoms with Crippen LogP contribution >= 0.6 is 11.6 Å². The lowest BCUT2D eigenvalue weighted by atomic mass is 10.1. The van der Waals surface area contributed by atoms with E-state index in [1.54, 1.807) is 48.5 Å². The van der Waals surface area contributed by atoms with Gasteiger partial charge in [0.05, 0.1) is 24.8 Å². The summed E-state index contributed by atoms with van der Waals surface area (Å²) in [5.41, 5.74) is 2.01. The van der Waals surface area contributed by atoms with E-state index in [1.165, 1.54) is 37.3 Å². The Balaban J connectivity index is 1.73. The van der Waals surface area contributed by atoms with Crippen molar-refractivity contribution in [1.29, 1.82) is 0 Å². The Hall–Kier alpha value is -3.76. The molecule has 1 atom stereocenters. The van der Waals surface area contributed by atoms with Gasteiger partial charge in [-0.1, -0.05) is 61.2 Å². The second-order valence-corrected chi connectivity index (χ2v) is 13.2. The summed E-state index contributed by atoms with van der Waals surface area (Å²) >= 11 is 6.11. The monoisotopic (exact) mass is 641 g/mol. The molecule has 3 aromatic carbocycles. The maximum absolute atomic E-state index is 14.3. The van der Waals surface area contributed by atoms with Crippen LogP contribution in [0, 0.1) is 6.92 Å². The second kappa shape index (κ2) is 14.8. The fourth-order valence-corrected chi connectivity index (χ4v) is 6.97. The molecule has 0 spiro atoms. The van der Waals surface area contributed by atoms with E-state index >= 15 is 0 Å². The third kappa shape index (κ3) is 7.84. The highest BCUT2D eigenvalue weighted by Gasteiger charge is 2.35.